The van der Waals surface area contributed by atoms with Gasteiger partial charge in [0.25, 0.3) is 5.91 Å². The molecule has 124 valence electrons. The predicted molar refractivity (Wildman–Crippen MR) is 78.5 cm³/mol. The number of carbonyl (C=O) groups is 3. The number of methoxy groups -OCH3 is 3. The van der Waals surface area contributed by atoms with Crippen LogP contribution in [0.2, 0.25) is 0 Å². The second-order valence-corrected chi connectivity index (χ2v) is 4.78. The maximum atomic E-state index is 12.7. The van der Waals surface area contributed by atoms with E-state index in [1.165, 1.54) is 14.2 Å². The first-order valence-corrected chi connectivity index (χ1v) is 6.93. The Balaban J connectivity index is 2.61. The van der Waals surface area contributed by atoms with Gasteiger partial charge in [-0.3, -0.25) is 4.79 Å². The highest BCUT2D eigenvalue weighted by Crippen LogP contribution is 2.47. The van der Waals surface area contributed by atoms with Crippen LogP contribution < -0.4 is 4.74 Å². The number of para-hydroxylation sites is 1. The number of amides is 3. The maximum Gasteiger partial charge on any atom is 0.436 e. The van der Waals surface area contributed by atoms with E-state index in [4.69, 9.17) is 9.47 Å². The summed E-state index contributed by atoms with van der Waals surface area (Å²) in [4.78, 5) is 36.7. The summed E-state index contributed by atoms with van der Waals surface area (Å²) in [6, 6.07) is 6.81. The van der Waals surface area contributed by atoms with Gasteiger partial charge >= 0.3 is 12.2 Å². The van der Waals surface area contributed by atoms with E-state index in [1.54, 1.807) is 31.2 Å². The third-order valence-corrected chi connectivity index (χ3v) is 3.87. The minimum Gasteiger partial charge on any atom is -0.496 e. The second kappa shape index (κ2) is 6.15. The molecule has 0 saturated carbocycles. The zero-order valence-corrected chi connectivity index (χ0v) is 13.4. The van der Waals surface area contributed by atoms with E-state index in [-0.39, 0.29) is 6.42 Å². The lowest BCUT2D eigenvalue weighted by atomic mass is 9.81. The van der Waals surface area contributed by atoms with Gasteiger partial charge in [-0.05, 0) is 12.5 Å². The standard InChI is InChI=1S/C15H18N2O6/c1-5-15(10-8-6-7-9-11(10)21-2)12(18)16(13(19)22-3)17(15)14(20)23-4/h6-9H,5H2,1-4H3/t15-/m0/s1. The fraction of sp³-hybridized carbons (Fsp3) is 0.400. The van der Waals surface area contributed by atoms with E-state index in [0.717, 1.165) is 12.1 Å². The average Bonchev–Trinajstić information content (AvgIpc) is 2.59. The summed E-state index contributed by atoms with van der Waals surface area (Å²) in [5, 5.41) is 1.58. The van der Waals surface area contributed by atoms with Crippen molar-refractivity contribution < 1.29 is 28.6 Å². The lowest BCUT2D eigenvalue weighted by Crippen LogP contribution is -2.77. The molecule has 3 amide bonds. The van der Waals surface area contributed by atoms with Crippen LogP contribution >= 0.6 is 0 Å². The number of carbonyl (C=O) groups excluding carboxylic acids is 3. The SMILES string of the molecule is CC[C@]1(c2ccccc2OC)C(=O)N(C(=O)OC)N1C(=O)OC. The van der Waals surface area contributed by atoms with Crippen molar-refractivity contribution in [3.63, 3.8) is 0 Å². The first kappa shape index (κ1) is 16.6. The van der Waals surface area contributed by atoms with Crippen molar-refractivity contribution in [2.45, 2.75) is 18.9 Å². The van der Waals surface area contributed by atoms with Crippen molar-refractivity contribution in [3.8, 4) is 5.75 Å². The molecule has 0 radical (unpaired) electrons. The van der Waals surface area contributed by atoms with Crippen molar-refractivity contribution in [2.75, 3.05) is 21.3 Å². The van der Waals surface area contributed by atoms with Crippen molar-refractivity contribution in [1.29, 1.82) is 0 Å². The van der Waals surface area contributed by atoms with Crippen molar-refractivity contribution in [2.24, 2.45) is 0 Å². The Morgan fingerprint density at radius 3 is 2.22 bits per heavy atom. The molecule has 1 aromatic rings. The van der Waals surface area contributed by atoms with Crippen molar-refractivity contribution in [3.05, 3.63) is 29.8 Å². The normalized spacial score (nSPS) is 19.9. The average molecular weight is 322 g/mol. The molecule has 1 saturated heterocycles. The molecule has 0 unspecified atom stereocenters. The first-order chi connectivity index (χ1) is 11.0. The van der Waals surface area contributed by atoms with Gasteiger partial charge in [0.1, 0.15) is 5.75 Å². The molecule has 8 nitrogen and oxygen atoms in total. The topological polar surface area (TPSA) is 85.4 Å². The summed E-state index contributed by atoms with van der Waals surface area (Å²) in [6.07, 6.45) is -1.57. The van der Waals surface area contributed by atoms with Crippen LogP contribution in [-0.2, 0) is 19.8 Å². The van der Waals surface area contributed by atoms with E-state index < -0.39 is 23.6 Å². The van der Waals surface area contributed by atoms with Crippen LogP contribution in [0.4, 0.5) is 9.59 Å². The minimum atomic E-state index is -1.38. The zero-order chi connectivity index (χ0) is 17.2. The Morgan fingerprint density at radius 2 is 1.70 bits per heavy atom. The summed E-state index contributed by atoms with van der Waals surface area (Å²) >= 11 is 0. The van der Waals surface area contributed by atoms with E-state index in [2.05, 4.69) is 4.74 Å². The molecule has 1 heterocycles. The molecular formula is C15H18N2O6. The second-order valence-electron chi connectivity index (χ2n) is 4.78. The maximum absolute atomic E-state index is 12.7. The van der Waals surface area contributed by atoms with E-state index in [0.29, 0.717) is 16.3 Å². The molecule has 0 aromatic heterocycles. The van der Waals surface area contributed by atoms with Gasteiger partial charge in [0.2, 0.25) is 0 Å². The Labute approximate surface area is 133 Å². The molecule has 1 fully saturated rings. The fourth-order valence-electron chi connectivity index (χ4n) is 2.76. The molecule has 1 aromatic carbocycles. The van der Waals surface area contributed by atoms with Crippen LogP contribution in [0.15, 0.2) is 24.3 Å². The monoisotopic (exact) mass is 322 g/mol. The summed E-state index contributed by atoms with van der Waals surface area (Å²) in [5.74, 6) is -0.150. The van der Waals surface area contributed by atoms with Gasteiger partial charge in [-0.1, -0.05) is 25.1 Å². The molecule has 23 heavy (non-hydrogen) atoms. The fourth-order valence-corrected chi connectivity index (χ4v) is 2.76. The van der Waals surface area contributed by atoms with Crippen LogP contribution in [0.25, 0.3) is 0 Å². The van der Waals surface area contributed by atoms with Crippen LogP contribution in [0, 0.1) is 0 Å². The summed E-state index contributed by atoms with van der Waals surface area (Å²) in [6.45, 7) is 1.73. The molecule has 0 aliphatic carbocycles. The number of ether oxygens (including phenoxy) is 3. The van der Waals surface area contributed by atoms with Gasteiger partial charge in [0, 0.05) is 5.56 Å². The van der Waals surface area contributed by atoms with Gasteiger partial charge in [-0.25, -0.2) is 9.59 Å². The van der Waals surface area contributed by atoms with Crippen LogP contribution in [0.1, 0.15) is 18.9 Å². The third-order valence-electron chi connectivity index (χ3n) is 3.87. The Morgan fingerprint density at radius 1 is 1.09 bits per heavy atom. The van der Waals surface area contributed by atoms with Crippen LogP contribution in [-0.4, -0.2) is 49.4 Å². The number of rotatable bonds is 3. The molecule has 1 atom stereocenters. The van der Waals surface area contributed by atoms with Gasteiger partial charge < -0.3 is 14.2 Å². The number of benzene rings is 1. The lowest BCUT2D eigenvalue weighted by molar-refractivity contribution is -0.202. The zero-order valence-electron chi connectivity index (χ0n) is 13.4. The summed E-state index contributed by atoms with van der Waals surface area (Å²) in [5.41, 5.74) is -0.908. The van der Waals surface area contributed by atoms with Gasteiger partial charge in [0.15, 0.2) is 5.54 Å². The molecule has 0 spiro atoms. The van der Waals surface area contributed by atoms with E-state index in [9.17, 15) is 14.4 Å². The highest BCUT2D eigenvalue weighted by molar-refractivity contribution is 6.06. The summed E-state index contributed by atoms with van der Waals surface area (Å²) < 4.78 is 14.6. The Bertz CT molecular complexity index is 647. The van der Waals surface area contributed by atoms with Crippen molar-refractivity contribution in [1.82, 2.24) is 10.0 Å². The number of hydrogen-bond donors (Lipinski definition) is 0. The molecule has 2 rings (SSSR count). The number of imide groups is 1. The lowest BCUT2D eigenvalue weighted by Gasteiger charge is -2.54. The van der Waals surface area contributed by atoms with E-state index >= 15 is 0 Å². The molecule has 1 aliphatic heterocycles. The Hall–Kier alpha value is -2.77. The smallest absolute Gasteiger partial charge is 0.436 e. The molecule has 8 heteroatoms. The Kier molecular flexibility index (Phi) is 4.44. The molecule has 0 N–H and O–H groups in total. The molecule has 1 aliphatic rings. The van der Waals surface area contributed by atoms with Crippen molar-refractivity contribution >= 4 is 18.1 Å². The van der Waals surface area contributed by atoms with Crippen LogP contribution in [0.3, 0.4) is 0 Å². The minimum absolute atomic E-state index is 0.231. The number of nitrogens with zero attached hydrogens (tertiary/aromatic N) is 2. The van der Waals surface area contributed by atoms with Gasteiger partial charge in [-0.2, -0.15) is 5.01 Å². The third kappa shape index (κ3) is 2.18. The van der Waals surface area contributed by atoms with Crippen LogP contribution in [0.5, 0.6) is 5.75 Å². The quantitative estimate of drug-likeness (QED) is 0.845. The summed E-state index contributed by atoms with van der Waals surface area (Å²) in [7, 11) is 3.76. The number of hydrogen-bond acceptors (Lipinski definition) is 6. The van der Waals surface area contributed by atoms with E-state index in [1.807, 2.05) is 0 Å². The van der Waals surface area contributed by atoms with Gasteiger partial charge in [-0.15, -0.1) is 5.01 Å². The molecular weight excluding hydrogens is 304 g/mol. The highest BCUT2D eigenvalue weighted by atomic mass is 16.6. The number of hydrazine groups is 1. The predicted octanol–water partition coefficient (Wildman–Crippen LogP) is 1.89. The highest BCUT2D eigenvalue weighted by Gasteiger charge is 2.66. The first-order valence-electron chi connectivity index (χ1n) is 6.93. The largest absolute Gasteiger partial charge is 0.496 e. The molecule has 0 bridgehead atoms. The van der Waals surface area contributed by atoms with Gasteiger partial charge in [0.05, 0.1) is 21.3 Å².